The van der Waals surface area contributed by atoms with E-state index in [9.17, 15) is 4.79 Å². The minimum Gasteiger partial charge on any atom is -0.444 e. The first-order valence-corrected chi connectivity index (χ1v) is 8.07. The lowest BCUT2D eigenvalue weighted by molar-refractivity contribution is 0.0921. The maximum absolute atomic E-state index is 12.0. The van der Waals surface area contributed by atoms with Crippen molar-refractivity contribution in [3.63, 3.8) is 0 Å². The number of fused-ring (bicyclic) bond motifs is 1. The molecule has 8 heteroatoms. The molecule has 0 aliphatic rings. The van der Waals surface area contributed by atoms with Crippen LogP contribution in [0, 0.1) is 6.92 Å². The number of amides is 1. The summed E-state index contributed by atoms with van der Waals surface area (Å²) >= 11 is 4.75. The SMILES string of the molecule is CCc1nn2c(CNC(=O)c3ccc(Br)o3)c(C)nc2s1. The van der Waals surface area contributed by atoms with E-state index in [-0.39, 0.29) is 11.7 Å². The Morgan fingerprint density at radius 3 is 3.00 bits per heavy atom. The van der Waals surface area contributed by atoms with Gasteiger partial charge in [-0.05, 0) is 41.4 Å². The Kier molecular flexibility index (Phi) is 3.81. The van der Waals surface area contributed by atoms with E-state index in [1.54, 1.807) is 28.0 Å². The van der Waals surface area contributed by atoms with E-state index >= 15 is 0 Å². The normalized spacial score (nSPS) is 11.2. The molecule has 0 radical (unpaired) electrons. The summed E-state index contributed by atoms with van der Waals surface area (Å²) in [7, 11) is 0. The number of aromatic nitrogens is 3. The number of imidazole rings is 1. The lowest BCUT2D eigenvalue weighted by Gasteiger charge is -2.03. The topological polar surface area (TPSA) is 72.4 Å². The Bertz CT molecular complexity index is 804. The number of hydrogen-bond donors (Lipinski definition) is 1. The predicted molar refractivity (Wildman–Crippen MR) is 82.6 cm³/mol. The summed E-state index contributed by atoms with van der Waals surface area (Å²) in [5.41, 5.74) is 1.76. The minimum atomic E-state index is -0.263. The molecule has 0 fully saturated rings. The van der Waals surface area contributed by atoms with Gasteiger partial charge in [0.1, 0.15) is 5.01 Å². The Morgan fingerprint density at radius 2 is 2.33 bits per heavy atom. The van der Waals surface area contributed by atoms with Crippen LogP contribution < -0.4 is 5.32 Å². The first-order chi connectivity index (χ1) is 10.1. The van der Waals surface area contributed by atoms with Crippen molar-refractivity contribution in [3.8, 4) is 0 Å². The van der Waals surface area contributed by atoms with Crippen molar-refractivity contribution in [3.05, 3.63) is 39.0 Å². The number of rotatable bonds is 4. The lowest BCUT2D eigenvalue weighted by atomic mass is 10.3. The standard InChI is InChI=1S/C13H13BrN4O2S/c1-3-11-17-18-8(7(2)16-13(18)21-11)6-15-12(19)9-4-5-10(14)20-9/h4-5H,3,6H2,1-2H3,(H,15,19). The summed E-state index contributed by atoms with van der Waals surface area (Å²) in [6, 6.07) is 3.31. The monoisotopic (exact) mass is 368 g/mol. The number of carbonyl (C=O) groups is 1. The van der Waals surface area contributed by atoms with E-state index < -0.39 is 0 Å². The smallest absolute Gasteiger partial charge is 0.287 e. The van der Waals surface area contributed by atoms with Gasteiger partial charge in [0, 0.05) is 0 Å². The Hall–Kier alpha value is -1.67. The number of carbonyl (C=O) groups excluding carboxylic acids is 1. The zero-order chi connectivity index (χ0) is 15.0. The van der Waals surface area contributed by atoms with E-state index in [2.05, 4.69) is 38.3 Å². The van der Waals surface area contributed by atoms with Gasteiger partial charge in [-0.15, -0.1) is 0 Å². The van der Waals surface area contributed by atoms with E-state index in [0.29, 0.717) is 11.2 Å². The van der Waals surface area contributed by atoms with Crippen molar-refractivity contribution in [2.45, 2.75) is 26.8 Å². The molecule has 3 aromatic rings. The maximum atomic E-state index is 12.0. The molecule has 0 aliphatic heterocycles. The Balaban J connectivity index is 1.79. The second kappa shape index (κ2) is 5.61. The van der Waals surface area contributed by atoms with E-state index in [0.717, 1.165) is 27.8 Å². The van der Waals surface area contributed by atoms with Gasteiger partial charge in [0.05, 0.1) is 17.9 Å². The molecule has 110 valence electrons. The molecule has 0 aliphatic carbocycles. The molecular formula is C13H13BrN4O2S. The highest BCUT2D eigenvalue weighted by atomic mass is 79.9. The van der Waals surface area contributed by atoms with Crippen LogP contribution in [0.3, 0.4) is 0 Å². The van der Waals surface area contributed by atoms with Crippen LogP contribution in [0.2, 0.25) is 0 Å². The highest BCUT2D eigenvalue weighted by molar-refractivity contribution is 9.10. The minimum absolute atomic E-state index is 0.263. The number of hydrogen-bond acceptors (Lipinski definition) is 5. The lowest BCUT2D eigenvalue weighted by Crippen LogP contribution is -2.23. The van der Waals surface area contributed by atoms with Crippen LogP contribution in [0.4, 0.5) is 0 Å². The summed E-state index contributed by atoms with van der Waals surface area (Å²) < 4.78 is 7.56. The van der Waals surface area contributed by atoms with Crippen molar-refractivity contribution in [1.29, 1.82) is 0 Å². The second-order valence-electron chi connectivity index (χ2n) is 4.47. The second-order valence-corrected chi connectivity index (χ2v) is 6.30. The molecular weight excluding hydrogens is 356 g/mol. The zero-order valence-electron chi connectivity index (χ0n) is 11.5. The van der Waals surface area contributed by atoms with Crippen LogP contribution in [0.25, 0.3) is 4.96 Å². The van der Waals surface area contributed by atoms with Crippen LogP contribution in [-0.4, -0.2) is 20.5 Å². The first kappa shape index (κ1) is 14.3. The number of furan rings is 1. The fraction of sp³-hybridized carbons (Fsp3) is 0.308. The number of nitrogens with one attached hydrogen (secondary N) is 1. The molecule has 0 spiro atoms. The molecule has 0 saturated heterocycles. The van der Waals surface area contributed by atoms with Gasteiger partial charge in [0.15, 0.2) is 10.4 Å². The molecule has 1 N–H and O–H groups in total. The molecule has 0 saturated carbocycles. The third-order valence-electron chi connectivity index (χ3n) is 3.05. The predicted octanol–water partition coefficient (Wildman–Crippen LogP) is 2.95. The van der Waals surface area contributed by atoms with Crippen molar-refractivity contribution in [2.75, 3.05) is 0 Å². The van der Waals surface area contributed by atoms with Crippen LogP contribution in [0.1, 0.15) is 33.9 Å². The van der Waals surface area contributed by atoms with Gasteiger partial charge in [-0.3, -0.25) is 4.79 Å². The highest BCUT2D eigenvalue weighted by Gasteiger charge is 2.16. The summed E-state index contributed by atoms with van der Waals surface area (Å²) in [5, 5.41) is 8.35. The van der Waals surface area contributed by atoms with Crippen molar-refractivity contribution in [1.82, 2.24) is 19.9 Å². The van der Waals surface area contributed by atoms with Crippen LogP contribution >= 0.6 is 27.3 Å². The van der Waals surface area contributed by atoms with Gasteiger partial charge in [0.25, 0.3) is 5.91 Å². The summed E-state index contributed by atoms with van der Waals surface area (Å²) in [4.78, 5) is 17.3. The number of nitrogens with zero attached hydrogens (tertiary/aromatic N) is 3. The summed E-state index contributed by atoms with van der Waals surface area (Å²) in [6.45, 7) is 4.33. The van der Waals surface area contributed by atoms with Gasteiger partial charge in [-0.1, -0.05) is 18.3 Å². The van der Waals surface area contributed by atoms with Gasteiger partial charge >= 0.3 is 0 Å². The molecule has 3 aromatic heterocycles. The summed E-state index contributed by atoms with van der Waals surface area (Å²) in [5.74, 6) is 0.00815. The molecule has 0 unspecified atom stereocenters. The maximum Gasteiger partial charge on any atom is 0.287 e. The quantitative estimate of drug-likeness (QED) is 0.768. The zero-order valence-corrected chi connectivity index (χ0v) is 13.9. The number of aryl methyl sites for hydroxylation is 2. The van der Waals surface area contributed by atoms with Crippen molar-refractivity contribution >= 4 is 38.1 Å². The van der Waals surface area contributed by atoms with E-state index in [4.69, 9.17) is 4.42 Å². The van der Waals surface area contributed by atoms with Gasteiger partial charge in [-0.25, -0.2) is 9.50 Å². The summed E-state index contributed by atoms with van der Waals surface area (Å²) in [6.07, 6.45) is 0.874. The molecule has 0 bridgehead atoms. The average molecular weight is 369 g/mol. The number of halogens is 1. The van der Waals surface area contributed by atoms with Crippen LogP contribution in [-0.2, 0) is 13.0 Å². The Labute approximate surface area is 133 Å². The average Bonchev–Trinajstić information content (AvgIpc) is 3.11. The fourth-order valence-corrected chi connectivity index (χ4v) is 3.17. The largest absolute Gasteiger partial charge is 0.444 e. The fourth-order valence-electron chi connectivity index (χ4n) is 1.96. The molecule has 3 heterocycles. The molecule has 0 atom stereocenters. The van der Waals surface area contributed by atoms with Crippen molar-refractivity contribution in [2.24, 2.45) is 0 Å². The van der Waals surface area contributed by atoms with Crippen LogP contribution in [0.5, 0.6) is 0 Å². The molecule has 21 heavy (non-hydrogen) atoms. The molecule has 6 nitrogen and oxygen atoms in total. The first-order valence-electron chi connectivity index (χ1n) is 6.46. The molecule has 1 amide bonds. The van der Waals surface area contributed by atoms with Crippen molar-refractivity contribution < 1.29 is 9.21 Å². The molecule has 0 aromatic carbocycles. The molecule has 3 rings (SSSR count). The van der Waals surface area contributed by atoms with Crippen LogP contribution in [0.15, 0.2) is 21.2 Å². The Morgan fingerprint density at radius 1 is 1.52 bits per heavy atom. The van der Waals surface area contributed by atoms with Gasteiger partial charge in [0.2, 0.25) is 4.96 Å². The van der Waals surface area contributed by atoms with Gasteiger partial charge < -0.3 is 9.73 Å². The third kappa shape index (κ3) is 2.73. The third-order valence-corrected chi connectivity index (χ3v) is 4.53. The van der Waals surface area contributed by atoms with E-state index in [1.165, 1.54) is 0 Å². The highest BCUT2D eigenvalue weighted by Crippen LogP contribution is 2.19. The van der Waals surface area contributed by atoms with Gasteiger partial charge in [-0.2, -0.15) is 5.10 Å². The van der Waals surface area contributed by atoms with E-state index in [1.807, 2.05) is 6.92 Å².